The van der Waals surface area contributed by atoms with E-state index in [0.717, 1.165) is 37.5 Å². The van der Waals surface area contributed by atoms with Gasteiger partial charge in [0, 0.05) is 30.7 Å². The van der Waals surface area contributed by atoms with Crippen molar-refractivity contribution in [2.24, 2.45) is 0 Å². The van der Waals surface area contributed by atoms with Gasteiger partial charge in [0.15, 0.2) is 0 Å². The molecule has 4 nitrogen and oxygen atoms in total. The molecule has 2 aromatic rings. The van der Waals surface area contributed by atoms with Gasteiger partial charge in [-0.3, -0.25) is 9.69 Å². The van der Waals surface area contributed by atoms with E-state index in [1.165, 1.54) is 5.56 Å². The standard InChI is InChI=1S/C20H23ClN2O2/c1-25-19-5-3-2-4-18(19)20(24)22-17-10-12-23(13-11-17)14-15-6-8-16(21)9-7-15/h2-9,17H,10-14H2,1H3,(H,22,24). The number of hydrogen-bond acceptors (Lipinski definition) is 3. The Morgan fingerprint density at radius 3 is 2.52 bits per heavy atom. The van der Waals surface area contributed by atoms with Crippen LogP contribution in [0.5, 0.6) is 5.75 Å². The van der Waals surface area contributed by atoms with Crippen molar-refractivity contribution in [2.45, 2.75) is 25.4 Å². The van der Waals surface area contributed by atoms with Crippen molar-refractivity contribution in [1.29, 1.82) is 0 Å². The van der Waals surface area contributed by atoms with Gasteiger partial charge < -0.3 is 10.1 Å². The van der Waals surface area contributed by atoms with Crippen LogP contribution in [0.1, 0.15) is 28.8 Å². The first-order chi connectivity index (χ1) is 12.2. The van der Waals surface area contributed by atoms with Crippen LogP contribution in [0, 0.1) is 0 Å². The number of nitrogens with zero attached hydrogens (tertiary/aromatic N) is 1. The van der Waals surface area contributed by atoms with E-state index in [1.807, 2.05) is 30.3 Å². The minimum atomic E-state index is -0.0615. The number of methoxy groups -OCH3 is 1. The Hall–Kier alpha value is -2.04. The van der Waals surface area contributed by atoms with Crippen molar-refractivity contribution in [3.8, 4) is 5.75 Å². The molecule has 1 aliphatic heterocycles. The van der Waals surface area contributed by atoms with Gasteiger partial charge >= 0.3 is 0 Å². The quantitative estimate of drug-likeness (QED) is 0.885. The molecule has 3 rings (SSSR count). The van der Waals surface area contributed by atoms with Crippen molar-refractivity contribution in [1.82, 2.24) is 10.2 Å². The van der Waals surface area contributed by atoms with Gasteiger partial charge in [0.05, 0.1) is 12.7 Å². The molecular weight excluding hydrogens is 336 g/mol. The molecule has 1 heterocycles. The second-order valence-corrected chi connectivity index (χ2v) is 6.79. The Kier molecular flexibility index (Phi) is 5.95. The highest BCUT2D eigenvalue weighted by atomic mass is 35.5. The van der Waals surface area contributed by atoms with Crippen molar-refractivity contribution in [2.75, 3.05) is 20.2 Å². The van der Waals surface area contributed by atoms with E-state index >= 15 is 0 Å². The molecule has 1 saturated heterocycles. The number of likely N-dealkylation sites (tertiary alicyclic amines) is 1. The van der Waals surface area contributed by atoms with E-state index < -0.39 is 0 Å². The number of piperidine rings is 1. The normalized spacial score (nSPS) is 15.8. The van der Waals surface area contributed by atoms with E-state index in [1.54, 1.807) is 13.2 Å². The molecule has 0 aromatic heterocycles. The van der Waals surface area contributed by atoms with Crippen LogP contribution in [0.15, 0.2) is 48.5 Å². The number of benzene rings is 2. The number of amides is 1. The van der Waals surface area contributed by atoms with Crippen LogP contribution in [-0.4, -0.2) is 37.0 Å². The Morgan fingerprint density at radius 2 is 1.84 bits per heavy atom. The summed E-state index contributed by atoms with van der Waals surface area (Å²) in [5, 5.41) is 3.90. The Balaban J connectivity index is 1.50. The van der Waals surface area contributed by atoms with Crippen molar-refractivity contribution in [3.05, 3.63) is 64.7 Å². The SMILES string of the molecule is COc1ccccc1C(=O)NC1CCN(Cc2ccc(Cl)cc2)CC1. The summed E-state index contributed by atoms with van der Waals surface area (Å²) in [4.78, 5) is 14.9. The van der Waals surface area contributed by atoms with Crippen LogP contribution in [0.2, 0.25) is 5.02 Å². The van der Waals surface area contributed by atoms with Crippen LogP contribution < -0.4 is 10.1 Å². The lowest BCUT2D eigenvalue weighted by Crippen LogP contribution is -2.44. The van der Waals surface area contributed by atoms with Crippen LogP contribution in [0.4, 0.5) is 0 Å². The third kappa shape index (κ3) is 4.74. The number of rotatable bonds is 5. The lowest BCUT2D eigenvalue weighted by atomic mass is 10.0. The summed E-state index contributed by atoms with van der Waals surface area (Å²) in [5.74, 6) is 0.550. The molecule has 0 saturated carbocycles. The van der Waals surface area contributed by atoms with E-state index in [-0.39, 0.29) is 11.9 Å². The molecule has 0 spiro atoms. The lowest BCUT2D eigenvalue weighted by Gasteiger charge is -2.32. The minimum Gasteiger partial charge on any atom is -0.496 e. The Labute approximate surface area is 153 Å². The van der Waals surface area contributed by atoms with Gasteiger partial charge in [-0.2, -0.15) is 0 Å². The molecule has 1 N–H and O–H groups in total. The van der Waals surface area contributed by atoms with Crippen LogP contribution in [0.25, 0.3) is 0 Å². The maximum absolute atomic E-state index is 12.5. The monoisotopic (exact) mass is 358 g/mol. The fourth-order valence-electron chi connectivity index (χ4n) is 3.18. The topological polar surface area (TPSA) is 41.6 Å². The smallest absolute Gasteiger partial charge is 0.255 e. The summed E-state index contributed by atoms with van der Waals surface area (Å²) in [6.07, 6.45) is 1.91. The van der Waals surface area contributed by atoms with Crippen molar-refractivity contribution < 1.29 is 9.53 Å². The van der Waals surface area contributed by atoms with Gasteiger partial charge in [-0.15, -0.1) is 0 Å². The summed E-state index contributed by atoms with van der Waals surface area (Å²) in [7, 11) is 1.58. The van der Waals surface area contributed by atoms with Gasteiger partial charge in [-0.05, 0) is 42.7 Å². The number of para-hydroxylation sites is 1. The van der Waals surface area contributed by atoms with Crippen molar-refractivity contribution >= 4 is 17.5 Å². The maximum Gasteiger partial charge on any atom is 0.255 e. The molecule has 0 atom stereocenters. The third-order valence-corrected chi connectivity index (χ3v) is 4.85. The van der Waals surface area contributed by atoms with Gasteiger partial charge in [0.1, 0.15) is 5.75 Å². The summed E-state index contributed by atoms with van der Waals surface area (Å²) in [5.41, 5.74) is 1.86. The number of carbonyl (C=O) groups excluding carboxylic acids is 1. The van der Waals surface area contributed by atoms with Gasteiger partial charge in [0.2, 0.25) is 0 Å². The van der Waals surface area contributed by atoms with Gasteiger partial charge in [-0.25, -0.2) is 0 Å². The fraction of sp³-hybridized carbons (Fsp3) is 0.350. The number of nitrogens with one attached hydrogen (secondary N) is 1. The largest absolute Gasteiger partial charge is 0.496 e. The zero-order valence-corrected chi connectivity index (χ0v) is 15.1. The summed E-state index contributed by atoms with van der Waals surface area (Å²) >= 11 is 5.93. The highest BCUT2D eigenvalue weighted by molar-refractivity contribution is 6.30. The summed E-state index contributed by atoms with van der Waals surface area (Å²) in [6, 6.07) is 15.5. The molecule has 1 amide bonds. The summed E-state index contributed by atoms with van der Waals surface area (Å²) in [6.45, 7) is 2.86. The molecule has 2 aromatic carbocycles. The predicted octanol–water partition coefficient (Wildman–Crippen LogP) is 3.74. The van der Waals surface area contributed by atoms with Crippen LogP contribution in [0.3, 0.4) is 0 Å². The fourth-order valence-corrected chi connectivity index (χ4v) is 3.30. The van der Waals surface area contributed by atoms with Crippen LogP contribution >= 0.6 is 11.6 Å². The van der Waals surface area contributed by atoms with Gasteiger partial charge in [0.25, 0.3) is 5.91 Å². The van der Waals surface area contributed by atoms with E-state index in [4.69, 9.17) is 16.3 Å². The van der Waals surface area contributed by atoms with E-state index in [2.05, 4.69) is 22.3 Å². The molecule has 5 heteroatoms. The zero-order valence-electron chi connectivity index (χ0n) is 14.4. The first kappa shape index (κ1) is 17.8. The first-order valence-electron chi connectivity index (χ1n) is 8.56. The third-order valence-electron chi connectivity index (χ3n) is 4.59. The molecule has 0 radical (unpaired) electrons. The number of carbonyl (C=O) groups is 1. The van der Waals surface area contributed by atoms with E-state index in [0.29, 0.717) is 11.3 Å². The average Bonchev–Trinajstić information content (AvgIpc) is 2.65. The number of halogens is 1. The Morgan fingerprint density at radius 1 is 1.16 bits per heavy atom. The van der Waals surface area contributed by atoms with Crippen molar-refractivity contribution in [3.63, 3.8) is 0 Å². The molecule has 0 bridgehead atoms. The second kappa shape index (κ2) is 8.37. The molecule has 1 fully saturated rings. The molecule has 0 unspecified atom stereocenters. The number of ether oxygens (including phenoxy) is 1. The average molecular weight is 359 g/mol. The molecular formula is C20H23ClN2O2. The van der Waals surface area contributed by atoms with Gasteiger partial charge in [-0.1, -0.05) is 35.9 Å². The predicted molar refractivity (Wildman–Crippen MR) is 100 cm³/mol. The minimum absolute atomic E-state index is 0.0615. The zero-order chi connectivity index (χ0) is 17.6. The highest BCUT2D eigenvalue weighted by Gasteiger charge is 2.22. The van der Waals surface area contributed by atoms with E-state index in [9.17, 15) is 4.79 Å². The molecule has 25 heavy (non-hydrogen) atoms. The highest BCUT2D eigenvalue weighted by Crippen LogP contribution is 2.19. The molecule has 132 valence electrons. The molecule has 1 aliphatic rings. The van der Waals surface area contributed by atoms with Crippen LogP contribution in [-0.2, 0) is 6.54 Å². The molecule has 0 aliphatic carbocycles. The summed E-state index contributed by atoms with van der Waals surface area (Å²) < 4.78 is 5.27. The second-order valence-electron chi connectivity index (χ2n) is 6.35. The number of hydrogen-bond donors (Lipinski definition) is 1. The lowest BCUT2D eigenvalue weighted by molar-refractivity contribution is 0.0906. The maximum atomic E-state index is 12.5. The first-order valence-corrected chi connectivity index (χ1v) is 8.94. The Bertz CT molecular complexity index is 710.